The van der Waals surface area contributed by atoms with E-state index in [1.807, 2.05) is 43.3 Å². The van der Waals surface area contributed by atoms with Gasteiger partial charge in [0.25, 0.3) is 5.91 Å². The standard InChI is InChI=1S/C32H44N2O7S/c1-22-9-7-8-12-27(22)29-17-23(13-14-28(29)31(35)33-30(32(36)37)15-16-42(3,38)39)19-34-20-26(18-24(34)21-40-2)41-25-10-5-4-6-11-25/h7-9,12-14,17,24-26,30H,4-6,10-11,15-16,18-21H2,1-3H3,(H,33,35)(H,36,37)/t24-,26-,30-/m0/s1. The van der Waals surface area contributed by atoms with Gasteiger partial charge < -0.3 is 19.9 Å². The number of aliphatic carboxylic acids is 1. The number of ether oxygens (including phenoxy) is 2. The van der Waals surface area contributed by atoms with Crippen molar-refractivity contribution in [2.45, 2.75) is 82.7 Å². The number of carboxylic acids is 1. The molecule has 0 radical (unpaired) electrons. The summed E-state index contributed by atoms with van der Waals surface area (Å²) in [4.78, 5) is 27.7. The molecule has 3 atom stereocenters. The lowest BCUT2D eigenvalue weighted by atomic mass is 9.93. The zero-order chi connectivity index (χ0) is 30.3. The first kappa shape index (κ1) is 32.1. The van der Waals surface area contributed by atoms with Crippen LogP contribution in [0.5, 0.6) is 0 Å². The molecule has 2 fully saturated rings. The number of carboxylic acid groups (broad SMARTS) is 1. The maximum Gasteiger partial charge on any atom is 0.326 e. The zero-order valence-electron chi connectivity index (χ0n) is 24.9. The fourth-order valence-corrected chi connectivity index (χ4v) is 6.78. The summed E-state index contributed by atoms with van der Waals surface area (Å²) in [6.45, 7) is 4.05. The fraction of sp³-hybridized carbons (Fsp3) is 0.562. The summed E-state index contributed by atoms with van der Waals surface area (Å²) in [6, 6.07) is 12.3. The summed E-state index contributed by atoms with van der Waals surface area (Å²) < 4.78 is 35.3. The van der Waals surface area contributed by atoms with E-state index >= 15 is 0 Å². The maximum atomic E-state index is 13.4. The number of carbonyl (C=O) groups is 2. The Morgan fingerprint density at radius 3 is 2.48 bits per heavy atom. The molecule has 4 rings (SSSR count). The monoisotopic (exact) mass is 600 g/mol. The van der Waals surface area contributed by atoms with E-state index < -0.39 is 27.8 Å². The van der Waals surface area contributed by atoms with Gasteiger partial charge in [-0.05, 0) is 67.0 Å². The number of nitrogens with one attached hydrogen (secondary N) is 1. The topological polar surface area (TPSA) is 122 Å². The number of sulfone groups is 1. The van der Waals surface area contributed by atoms with Crippen LogP contribution in [0.3, 0.4) is 0 Å². The number of likely N-dealkylation sites (tertiary alicyclic amines) is 1. The molecule has 42 heavy (non-hydrogen) atoms. The first-order valence-electron chi connectivity index (χ1n) is 14.8. The molecule has 2 aromatic rings. The lowest BCUT2D eigenvalue weighted by Gasteiger charge is -2.26. The highest BCUT2D eigenvalue weighted by Gasteiger charge is 2.34. The van der Waals surface area contributed by atoms with Crippen molar-refractivity contribution in [1.82, 2.24) is 10.2 Å². The van der Waals surface area contributed by atoms with Gasteiger partial charge in [-0.15, -0.1) is 0 Å². The van der Waals surface area contributed by atoms with E-state index in [-0.39, 0.29) is 24.3 Å². The molecule has 0 aromatic heterocycles. The smallest absolute Gasteiger partial charge is 0.326 e. The van der Waals surface area contributed by atoms with Crippen molar-refractivity contribution in [2.24, 2.45) is 0 Å². The predicted molar refractivity (Wildman–Crippen MR) is 162 cm³/mol. The Balaban J connectivity index is 1.57. The van der Waals surface area contributed by atoms with E-state index in [9.17, 15) is 23.1 Å². The summed E-state index contributed by atoms with van der Waals surface area (Å²) in [5.74, 6) is -2.16. The molecular weight excluding hydrogens is 556 g/mol. The first-order chi connectivity index (χ1) is 20.0. The van der Waals surface area contributed by atoms with Gasteiger partial charge in [0.1, 0.15) is 15.9 Å². The lowest BCUT2D eigenvalue weighted by Crippen LogP contribution is -2.42. The highest BCUT2D eigenvalue weighted by molar-refractivity contribution is 7.90. The van der Waals surface area contributed by atoms with E-state index in [1.165, 1.54) is 19.3 Å². The molecule has 1 aliphatic heterocycles. The molecule has 10 heteroatoms. The van der Waals surface area contributed by atoms with E-state index in [2.05, 4.69) is 10.2 Å². The van der Waals surface area contributed by atoms with Crippen LogP contribution in [0.4, 0.5) is 0 Å². The lowest BCUT2D eigenvalue weighted by molar-refractivity contribution is -0.139. The number of aryl methyl sites for hydroxylation is 1. The molecule has 1 heterocycles. The molecule has 0 unspecified atom stereocenters. The van der Waals surface area contributed by atoms with Gasteiger partial charge in [0.15, 0.2) is 0 Å². The van der Waals surface area contributed by atoms with Gasteiger partial charge >= 0.3 is 5.97 Å². The number of carbonyl (C=O) groups excluding carboxylic acids is 1. The summed E-state index contributed by atoms with van der Waals surface area (Å²) in [5, 5.41) is 12.2. The summed E-state index contributed by atoms with van der Waals surface area (Å²) in [6.07, 6.45) is 8.26. The molecule has 1 saturated heterocycles. The Labute approximate surface area is 249 Å². The molecule has 2 aliphatic rings. The highest BCUT2D eigenvalue weighted by atomic mass is 32.2. The van der Waals surface area contributed by atoms with Crippen molar-refractivity contribution in [1.29, 1.82) is 0 Å². The molecule has 1 saturated carbocycles. The highest BCUT2D eigenvalue weighted by Crippen LogP contribution is 2.31. The van der Waals surface area contributed by atoms with Crippen molar-refractivity contribution < 1.29 is 32.6 Å². The molecule has 2 N–H and O–H groups in total. The average molecular weight is 601 g/mol. The number of rotatable bonds is 13. The van der Waals surface area contributed by atoms with Crippen molar-refractivity contribution in [3.8, 4) is 11.1 Å². The molecule has 0 spiro atoms. The minimum absolute atomic E-state index is 0.161. The molecular formula is C32H44N2O7S. The van der Waals surface area contributed by atoms with E-state index in [0.29, 0.717) is 30.4 Å². The zero-order valence-corrected chi connectivity index (χ0v) is 25.7. The van der Waals surface area contributed by atoms with Gasteiger partial charge in [-0.1, -0.05) is 49.6 Å². The molecule has 230 valence electrons. The van der Waals surface area contributed by atoms with Gasteiger partial charge in [-0.25, -0.2) is 13.2 Å². The van der Waals surface area contributed by atoms with Crippen LogP contribution < -0.4 is 5.32 Å². The van der Waals surface area contributed by atoms with Gasteiger partial charge in [-0.3, -0.25) is 9.69 Å². The summed E-state index contributed by atoms with van der Waals surface area (Å²) in [7, 11) is -1.67. The van der Waals surface area contributed by atoms with E-state index in [0.717, 1.165) is 48.8 Å². The number of hydrogen-bond donors (Lipinski definition) is 2. The largest absolute Gasteiger partial charge is 0.480 e. The third-order valence-corrected chi connectivity index (χ3v) is 9.29. The van der Waals surface area contributed by atoms with Crippen LogP contribution in [-0.4, -0.2) is 86.9 Å². The van der Waals surface area contributed by atoms with Crippen LogP contribution >= 0.6 is 0 Å². The van der Waals surface area contributed by atoms with Gasteiger partial charge in [0, 0.05) is 38.1 Å². The number of nitrogens with zero attached hydrogens (tertiary/aromatic N) is 1. The third-order valence-electron chi connectivity index (χ3n) is 8.32. The van der Waals surface area contributed by atoms with E-state index in [1.54, 1.807) is 13.2 Å². The Kier molecular flexibility index (Phi) is 11.2. The van der Waals surface area contributed by atoms with Crippen LogP contribution in [0, 0.1) is 6.92 Å². The SMILES string of the molecule is COC[C@@H]1C[C@H](OC2CCCCC2)CN1Cc1ccc(C(=O)N[C@@H](CCS(C)(=O)=O)C(=O)O)c(-c2ccccc2C)c1. The van der Waals surface area contributed by atoms with Crippen LogP contribution in [-0.2, 0) is 30.7 Å². The Morgan fingerprint density at radius 2 is 1.81 bits per heavy atom. The van der Waals surface area contributed by atoms with Crippen LogP contribution in [0.2, 0.25) is 0 Å². The average Bonchev–Trinajstić information content (AvgIpc) is 3.31. The summed E-state index contributed by atoms with van der Waals surface area (Å²) in [5.41, 5.74) is 3.92. The van der Waals surface area contributed by atoms with Crippen LogP contribution in [0.1, 0.15) is 66.4 Å². The van der Waals surface area contributed by atoms with E-state index in [4.69, 9.17) is 9.47 Å². The van der Waals surface area contributed by atoms with Gasteiger partial charge in [0.05, 0.1) is 24.6 Å². The van der Waals surface area contributed by atoms with Crippen molar-refractivity contribution in [3.63, 3.8) is 0 Å². The quantitative estimate of drug-likeness (QED) is 0.351. The Hall–Kier alpha value is -2.79. The Bertz CT molecular complexity index is 1340. The van der Waals surface area contributed by atoms with Gasteiger partial charge in [0.2, 0.25) is 0 Å². The number of amides is 1. The summed E-state index contributed by atoms with van der Waals surface area (Å²) >= 11 is 0. The fourth-order valence-electron chi connectivity index (χ4n) is 6.11. The van der Waals surface area contributed by atoms with Crippen molar-refractivity contribution in [2.75, 3.05) is 32.3 Å². The minimum atomic E-state index is -3.39. The molecule has 2 aromatic carbocycles. The third kappa shape index (κ3) is 8.86. The van der Waals surface area contributed by atoms with Crippen molar-refractivity contribution in [3.05, 3.63) is 59.2 Å². The van der Waals surface area contributed by atoms with Crippen molar-refractivity contribution >= 4 is 21.7 Å². The number of methoxy groups -OCH3 is 1. The second-order valence-corrected chi connectivity index (χ2v) is 14.0. The molecule has 0 bridgehead atoms. The molecule has 1 aliphatic carbocycles. The molecule has 1 amide bonds. The first-order valence-corrected chi connectivity index (χ1v) is 16.9. The van der Waals surface area contributed by atoms with Crippen LogP contribution in [0.25, 0.3) is 11.1 Å². The maximum absolute atomic E-state index is 13.4. The molecule has 9 nitrogen and oxygen atoms in total. The predicted octanol–water partition coefficient (Wildman–Crippen LogP) is 4.22. The number of hydrogen-bond acceptors (Lipinski definition) is 7. The second kappa shape index (κ2) is 14.6. The van der Waals surface area contributed by atoms with Crippen LogP contribution in [0.15, 0.2) is 42.5 Å². The number of benzene rings is 2. The normalized spacial score (nSPS) is 20.8. The Morgan fingerprint density at radius 1 is 1.07 bits per heavy atom. The second-order valence-electron chi connectivity index (χ2n) is 11.8. The minimum Gasteiger partial charge on any atom is -0.480 e. The van der Waals surface area contributed by atoms with Gasteiger partial charge in [-0.2, -0.15) is 0 Å².